The van der Waals surface area contributed by atoms with Gasteiger partial charge in [0.05, 0.1) is 5.69 Å². The minimum absolute atomic E-state index is 0.364. The highest BCUT2D eigenvalue weighted by molar-refractivity contribution is 5.67. The van der Waals surface area contributed by atoms with E-state index < -0.39 is 11.7 Å². The van der Waals surface area contributed by atoms with E-state index in [0.717, 1.165) is 6.42 Å². The average molecular weight is 338 g/mol. The molecule has 136 valence electrons. The molecule has 24 heavy (non-hydrogen) atoms. The van der Waals surface area contributed by atoms with Crippen LogP contribution < -0.4 is 21.1 Å². The van der Waals surface area contributed by atoms with Crippen LogP contribution in [0.1, 0.15) is 48.0 Å². The van der Waals surface area contributed by atoms with Crippen molar-refractivity contribution in [2.45, 2.75) is 59.2 Å². The number of carbonyl (C=O) groups excluding carboxylic acids is 1. The summed E-state index contributed by atoms with van der Waals surface area (Å²) < 4.78 is 10.9. The molecule has 0 aliphatic carbocycles. The van der Waals surface area contributed by atoms with Gasteiger partial charge >= 0.3 is 6.09 Å². The number of rotatable bonds is 6. The lowest BCUT2D eigenvalue weighted by Gasteiger charge is -2.21. The van der Waals surface area contributed by atoms with Crippen LogP contribution >= 0.6 is 0 Å². The second-order valence-electron chi connectivity index (χ2n) is 7.51. The summed E-state index contributed by atoms with van der Waals surface area (Å²) in [5.41, 5.74) is 5.53. The number of nitrogens with one attached hydrogen (secondary N) is 2. The molecule has 0 saturated carbocycles. The molecule has 0 atom stereocenters. The molecular formula is C17H30N4O3. The molecule has 1 aromatic heterocycles. The zero-order valence-corrected chi connectivity index (χ0v) is 15.5. The molecule has 0 unspecified atom stereocenters. The summed E-state index contributed by atoms with van der Waals surface area (Å²) >= 11 is 0. The van der Waals surface area contributed by atoms with Gasteiger partial charge in [0.1, 0.15) is 17.0 Å². The number of carbonyl (C=O) groups is 1. The Bertz CT molecular complexity index is 548. The molecule has 7 heteroatoms. The van der Waals surface area contributed by atoms with Crippen molar-refractivity contribution in [2.24, 2.45) is 0 Å². The maximum atomic E-state index is 11.5. The van der Waals surface area contributed by atoms with Gasteiger partial charge < -0.3 is 25.8 Å². The van der Waals surface area contributed by atoms with Crippen LogP contribution in [0.4, 0.5) is 16.3 Å². The van der Waals surface area contributed by atoms with Crippen LogP contribution in [0.5, 0.6) is 5.88 Å². The van der Waals surface area contributed by atoms with Gasteiger partial charge in [-0.25, -0.2) is 4.79 Å². The SMILES string of the molecule is CC(C)(C)OC(=O)NCCCNc1ccc(N)c(OC(C)(C)C)n1. The molecule has 1 amide bonds. The first kappa shape index (κ1) is 19.9. The molecular weight excluding hydrogens is 308 g/mol. The van der Waals surface area contributed by atoms with Gasteiger partial charge in [-0.15, -0.1) is 0 Å². The third-order valence-corrected chi connectivity index (χ3v) is 2.62. The molecule has 7 nitrogen and oxygen atoms in total. The van der Waals surface area contributed by atoms with Crippen molar-refractivity contribution in [3.63, 3.8) is 0 Å². The van der Waals surface area contributed by atoms with E-state index in [4.69, 9.17) is 15.2 Å². The van der Waals surface area contributed by atoms with Crippen LogP contribution in [0.25, 0.3) is 0 Å². The van der Waals surface area contributed by atoms with Gasteiger partial charge in [-0.2, -0.15) is 4.98 Å². The van der Waals surface area contributed by atoms with Gasteiger partial charge in [-0.05, 0) is 60.1 Å². The molecule has 0 bridgehead atoms. The Morgan fingerprint density at radius 1 is 1.12 bits per heavy atom. The molecule has 1 aromatic rings. The minimum atomic E-state index is -0.486. The maximum Gasteiger partial charge on any atom is 0.407 e. The molecule has 0 aliphatic heterocycles. The number of amides is 1. The zero-order valence-electron chi connectivity index (χ0n) is 15.5. The third-order valence-electron chi connectivity index (χ3n) is 2.62. The second kappa shape index (κ2) is 8.08. The standard InChI is InChI=1S/C17H30N4O3/c1-16(2,3)23-14-12(18)8-9-13(21-14)19-10-7-11-20-15(22)24-17(4,5)6/h8-9H,7,10-11,18H2,1-6H3,(H,19,21)(H,20,22). The Labute approximate surface area is 144 Å². The fourth-order valence-electron chi connectivity index (χ4n) is 1.73. The zero-order chi connectivity index (χ0) is 18.4. The van der Waals surface area contributed by atoms with E-state index in [1.807, 2.05) is 41.5 Å². The molecule has 0 radical (unpaired) electrons. The van der Waals surface area contributed by atoms with Crippen molar-refractivity contribution >= 4 is 17.6 Å². The van der Waals surface area contributed by atoms with Crippen LogP contribution in [0.3, 0.4) is 0 Å². The largest absolute Gasteiger partial charge is 0.470 e. The van der Waals surface area contributed by atoms with Gasteiger partial charge in [-0.3, -0.25) is 0 Å². The van der Waals surface area contributed by atoms with E-state index in [-0.39, 0.29) is 5.60 Å². The lowest BCUT2D eigenvalue weighted by Crippen LogP contribution is -2.33. The summed E-state index contributed by atoms with van der Waals surface area (Å²) in [5.74, 6) is 1.10. The number of aromatic nitrogens is 1. The Morgan fingerprint density at radius 2 is 1.79 bits per heavy atom. The van der Waals surface area contributed by atoms with Crippen molar-refractivity contribution in [1.29, 1.82) is 0 Å². The monoisotopic (exact) mass is 338 g/mol. The lowest BCUT2D eigenvalue weighted by atomic mass is 10.2. The number of nitrogens with two attached hydrogens (primary N) is 1. The van der Waals surface area contributed by atoms with Crippen molar-refractivity contribution in [3.05, 3.63) is 12.1 Å². The number of anilines is 2. The van der Waals surface area contributed by atoms with Crippen LogP contribution in [0.15, 0.2) is 12.1 Å². The van der Waals surface area contributed by atoms with E-state index >= 15 is 0 Å². The Morgan fingerprint density at radius 3 is 2.38 bits per heavy atom. The predicted molar refractivity (Wildman–Crippen MR) is 96.4 cm³/mol. The summed E-state index contributed by atoms with van der Waals surface area (Å²) in [6, 6.07) is 3.56. The molecule has 4 N–H and O–H groups in total. The minimum Gasteiger partial charge on any atom is -0.470 e. The van der Waals surface area contributed by atoms with Crippen molar-refractivity contribution in [3.8, 4) is 5.88 Å². The van der Waals surface area contributed by atoms with E-state index in [2.05, 4.69) is 15.6 Å². The van der Waals surface area contributed by atoms with Gasteiger partial charge in [0.25, 0.3) is 0 Å². The first-order valence-corrected chi connectivity index (χ1v) is 8.12. The number of pyridine rings is 1. The fourth-order valence-corrected chi connectivity index (χ4v) is 1.73. The molecule has 0 spiro atoms. The molecule has 0 saturated heterocycles. The van der Waals surface area contributed by atoms with E-state index in [1.54, 1.807) is 12.1 Å². The first-order chi connectivity index (χ1) is 11.0. The van der Waals surface area contributed by atoms with Gasteiger partial charge in [0.15, 0.2) is 0 Å². The number of alkyl carbamates (subject to hydrolysis) is 1. The Balaban J connectivity index is 2.38. The van der Waals surface area contributed by atoms with Crippen molar-refractivity contribution in [1.82, 2.24) is 10.3 Å². The number of nitrogen functional groups attached to an aromatic ring is 1. The van der Waals surface area contributed by atoms with Crippen LogP contribution in [0, 0.1) is 0 Å². The molecule has 0 fully saturated rings. The van der Waals surface area contributed by atoms with E-state index in [9.17, 15) is 4.79 Å². The van der Waals surface area contributed by atoms with Crippen molar-refractivity contribution < 1.29 is 14.3 Å². The van der Waals surface area contributed by atoms with Crippen molar-refractivity contribution in [2.75, 3.05) is 24.1 Å². The molecule has 0 aliphatic rings. The Kier molecular flexibility index (Phi) is 6.69. The number of hydrogen-bond acceptors (Lipinski definition) is 6. The summed E-state index contributed by atoms with van der Waals surface area (Å²) in [7, 11) is 0. The summed E-state index contributed by atoms with van der Waals surface area (Å²) in [6.07, 6.45) is 0.329. The average Bonchev–Trinajstić information content (AvgIpc) is 2.38. The molecule has 1 heterocycles. The number of hydrogen-bond donors (Lipinski definition) is 3. The summed E-state index contributed by atoms with van der Waals surface area (Å²) in [6.45, 7) is 12.5. The third kappa shape index (κ3) is 8.45. The molecule has 1 rings (SSSR count). The Hall–Kier alpha value is -2.18. The highest BCUT2D eigenvalue weighted by Gasteiger charge is 2.16. The first-order valence-electron chi connectivity index (χ1n) is 8.12. The van der Waals surface area contributed by atoms with Gasteiger partial charge in [-0.1, -0.05) is 0 Å². The lowest BCUT2D eigenvalue weighted by molar-refractivity contribution is 0.0527. The predicted octanol–water partition coefficient (Wildman–Crippen LogP) is 3.17. The topological polar surface area (TPSA) is 98.5 Å². The second-order valence-corrected chi connectivity index (χ2v) is 7.51. The van der Waals surface area contributed by atoms with E-state index in [1.165, 1.54) is 0 Å². The summed E-state index contributed by atoms with van der Waals surface area (Å²) in [5, 5.41) is 5.89. The van der Waals surface area contributed by atoms with Gasteiger partial charge in [0.2, 0.25) is 5.88 Å². The normalized spacial score (nSPS) is 11.8. The number of ether oxygens (including phenoxy) is 2. The van der Waals surface area contributed by atoms with Crippen LogP contribution in [-0.4, -0.2) is 35.4 Å². The quantitative estimate of drug-likeness (QED) is 0.689. The molecule has 0 aromatic carbocycles. The maximum absolute atomic E-state index is 11.5. The highest BCUT2D eigenvalue weighted by atomic mass is 16.6. The highest BCUT2D eigenvalue weighted by Crippen LogP contribution is 2.24. The van der Waals surface area contributed by atoms with Crippen LogP contribution in [-0.2, 0) is 4.74 Å². The van der Waals surface area contributed by atoms with E-state index in [0.29, 0.717) is 30.5 Å². The smallest absolute Gasteiger partial charge is 0.407 e. The fraction of sp³-hybridized carbons (Fsp3) is 0.647. The van der Waals surface area contributed by atoms with Crippen LogP contribution in [0.2, 0.25) is 0 Å². The number of nitrogens with zero attached hydrogens (tertiary/aromatic N) is 1. The summed E-state index contributed by atoms with van der Waals surface area (Å²) in [4.78, 5) is 15.9. The van der Waals surface area contributed by atoms with Gasteiger partial charge in [0, 0.05) is 13.1 Å².